The van der Waals surface area contributed by atoms with Gasteiger partial charge in [0, 0.05) is 12.5 Å². The first kappa shape index (κ1) is 12.3. The summed E-state index contributed by atoms with van der Waals surface area (Å²) in [5.74, 6) is 1.02. The third-order valence-corrected chi connectivity index (χ3v) is 3.72. The van der Waals surface area contributed by atoms with Crippen LogP contribution in [-0.2, 0) is 4.79 Å². The van der Waals surface area contributed by atoms with E-state index in [1.54, 1.807) is 0 Å². The van der Waals surface area contributed by atoms with Crippen molar-refractivity contribution in [3.8, 4) is 0 Å². The van der Waals surface area contributed by atoms with Gasteiger partial charge in [0.2, 0.25) is 0 Å². The van der Waals surface area contributed by atoms with Crippen LogP contribution in [0.25, 0.3) is 0 Å². The third kappa shape index (κ3) is 2.58. The first-order chi connectivity index (χ1) is 8.09. The number of carbonyl (C=O) groups is 1. The van der Waals surface area contributed by atoms with Crippen LogP contribution >= 0.6 is 0 Å². The van der Waals surface area contributed by atoms with Crippen molar-refractivity contribution in [1.29, 1.82) is 0 Å². The quantitative estimate of drug-likeness (QED) is 0.797. The Labute approximate surface area is 104 Å². The molecular weight excluding hydrogens is 210 g/mol. The lowest BCUT2D eigenvalue weighted by atomic mass is 9.92. The minimum atomic E-state index is 0.111. The number of likely N-dealkylation sites (tertiary alicyclic amines) is 1. The standard InChI is InChI=1S/C15H21NO/c1-11(2)15(17)14-9-13(10-16(14)3)12-7-5-4-6-8-12/h4-8,11,13-14H,9-10H2,1-3H3. The van der Waals surface area contributed by atoms with Gasteiger partial charge in [0.15, 0.2) is 5.78 Å². The van der Waals surface area contributed by atoms with Crippen molar-refractivity contribution < 1.29 is 4.79 Å². The predicted molar refractivity (Wildman–Crippen MR) is 70.1 cm³/mol. The van der Waals surface area contributed by atoms with E-state index in [9.17, 15) is 4.79 Å². The summed E-state index contributed by atoms with van der Waals surface area (Å²) < 4.78 is 0. The van der Waals surface area contributed by atoms with Gasteiger partial charge in [-0.15, -0.1) is 0 Å². The van der Waals surface area contributed by atoms with Gasteiger partial charge in [-0.05, 0) is 24.9 Å². The lowest BCUT2D eigenvalue weighted by Crippen LogP contribution is -2.35. The molecule has 1 fully saturated rings. The molecule has 1 saturated heterocycles. The summed E-state index contributed by atoms with van der Waals surface area (Å²) in [7, 11) is 2.06. The molecule has 0 spiro atoms. The molecule has 0 amide bonds. The number of likely N-dealkylation sites (N-methyl/N-ethyl adjacent to an activating group) is 1. The van der Waals surface area contributed by atoms with Gasteiger partial charge in [-0.1, -0.05) is 44.2 Å². The maximum Gasteiger partial charge on any atom is 0.152 e. The van der Waals surface area contributed by atoms with Crippen molar-refractivity contribution >= 4 is 5.78 Å². The first-order valence-corrected chi connectivity index (χ1v) is 6.38. The number of benzene rings is 1. The number of ketones is 1. The average Bonchev–Trinajstić information content (AvgIpc) is 2.71. The van der Waals surface area contributed by atoms with Crippen molar-refractivity contribution in [2.75, 3.05) is 13.6 Å². The van der Waals surface area contributed by atoms with Crippen LogP contribution in [-0.4, -0.2) is 30.3 Å². The molecule has 1 aliphatic rings. The van der Waals surface area contributed by atoms with E-state index in [0.29, 0.717) is 11.7 Å². The number of rotatable bonds is 3. The van der Waals surface area contributed by atoms with E-state index in [1.165, 1.54) is 5.56 Å². The molecule has 17 heavy (non-hydrogen) atoms. The zero-order chi connectivity index (χ0) is 12.4. The molecular formula is C15H21NO. The molecule has 1 heterocycles. The fourth-order valence-electron chi connectivity index (χ4n) is 2.68. The number of nitrogens with zero attached hydrogens (tertiary/aromatic N) is 1. The monoisotopic (exact) mass is 231 g/mol. The Morgan fingerprint density at radius 2 is 1.94 bits per heavy atom. The molecule has 2 rings (SSSR count). The van der Waals surface area contributed by atoms with Gasteiger partial charge in [0.05, 0.1) is 6.04 Å². The normalized spacial score (nSPS) is 25.4. The zero-order valence-corrected chi connectivity index (χ0v) is 10.9. The van der Waals surface area contributed by atoms with Crippen molar-refractivity contribution in [1.82, 2.24) is 4.90 Å². The summed E-state index contributed by atoms with van der Waals surface area (Å²) >= 11 is 0. The SMILES string of the molecule is CC(C)C(=O)C1CC(c2ccccc2)CN1C. The lowest BCUT2D eigenvalue weighted by molar-refractivity contribution is -0.125. The third-order valence-electron chi connectivity index (χ3n) is 3.72. The van der Waals surface area contributed by atoms with Gasteiger partial charge in [-0.3, -0.25) is 9.69 Å². The Bertz CT molecular complexity index is 385. The molecule has 2 atom stereocenters. The smallest absolute Gasteiger partial charge is 0.152 e. The Balaban J connectivity index is 2.10. The molecule has 0 radical (unpaired) electrons. The van der Waals surface area contributed by atoms with Crippen LogP contribution in [0, 0.1) is 5.92 Å². The van der Waals surface area contributed by atoms with Gasteiger partial charge in [0.1, 0.15) is 0 Å². The van der Waals surface area contributed by atoms with E-state index in [2.05, 4.69) is 36.2 Å². The van der Waals surface area contributed by atoms with Crippen LogP contribution in [0.3, 0.4) is 0 Å². The van der Waals surface area contributed by atoms with E-state index < -0.39 is 0 Å². The van der Waals surface area contributed by atoms with Crippen LogP contribution in [0.1, 0.15) is 31.7 Å². The van der Waals surface area contributed by atoms with Crippen LogP contribution in [0.4, 0.5) is 0 Å². The predicted octanol–water partition coefficient (Wildman–Crippen LogP) is 2.70. The second-order valence-electron chi connectivity index (χ2n) is 5.36. The molecule has 2 heteroatoms. The van der Waals surface area contributed by atoms with Gasteiger partial charge in [0.25, 0.3) is 0 Å². The molecule has 0 saturated carbocycles. The van der Waals surface area contributed by atoms with E-state index in [4.69, 9.17) is 0 Å². The molecule has 1 aliphatic heterocycles. The fourth-order valence-corrected chi connectivity index (χ4v) is 2.68. The summed E-state index contributed by atoms with van der Waals surface area (Å²) in [4.78, 5) is 14.3. The molecule has 2 nitrogen and oxygen atoms in total. The highest BCUT2D eigenvalue weighted by molar-refractivity contribution is 5.86. The lowest BCUT2D eigenvalue weighted by Gasteiger charge is -2.19. The molecule has 0 aromatic heterocycles. The fraction of sp³-hybridized carbons (Fsp3) is 0.533. The van der Waals surface area contributed by atoms with Gasteiger partial charge < -0.3 is 0 Å². The number of hydrogen-bond acceptors (Lipinski definition) is 2. The van der Waals surface area contributed by atoms with Crippen molar-refractivity contribution in [3.63, 3.8) is 0 Å². The highest BCUT2D eigenvalue weighted by atomic mass is 16.1. The van der Waals surface area contributed by atoms with Gasteiger partial charge >= 0.3 is 0 Å². The molecule has 0 N–H and O–H groups in total. The van der Waals surface area contributed by atoms with Gasteiger partial charge in [-0.25, -0.2) is 0 Å². The summed E-state index contributed by atoms with van der Waals surface area (Å²) in [6.07, 6.45) is 0.970. The number of carbonyl (C=O) groups excluding carboxylic acids is 1. The second-order valence-corrected chi connectivity index (χ2v) is 5.36. The Morgan fingerprint density at radius 1 is 1.29 bits per heavy atom. The first-order valence-electron chi connectivity index (χ1n) is 6.38. The van der Waals surface area contributed by atoms with Crippen LogP contribution in [0.5, 0.6) is 0 Å². The van der Waals surface area contributed by atoms with Crippen molar-refractivity contribution in [2.24, 2.45) is 5.92 Å². The Kier molecular flexibility index (Phi) is 3.63. The summed E-state index contributed by atoms with van der Waals surface area (Å²) in [5.41, 5.74) is 1.36. The van der Waals surface area contributed by atoms with Crippen molar-refractivity contribution in [3.05, 3.63) is 35.9 Å². The Hall–Kier alpha value is -1.15. The molecule has 1 aromatic carbocycles. The molecule has 92 valence electrons. The molecule has 0 bridgehead atoms. The van der Waals surface area contributed by atoms with Crippen LogP contribution in [0.15, 0.2) is 30.3 Å². The van der Waals surface area contributed by atoms with E-state index in [1.807, 2.05) is 19.9 Å². The molecule has 2 unspecified atom stereocenters. The average molecular weight is 231 g/mol. The Morgan fingerprint density at radius 3 is 2.53 bits per heavy atom. The van der Waals surface area contributed by atoms with Crippen molar-refractivity contribution in [2.45, 2.75) is 32.2 Å². The second kappa shape index (κ2) is 5.01. The van der Waals surface area contributed by atoms with E-state index >= 15 is 0 Å². The largest absolute Gasteiger partial charge is 0.298 e. The van der Waals surface area contributed by atoms with Crippen LogP contribution in [0.2, 0.25) is 0 Å². The zero-order valence-electron chi connectivity index (χ0n) is 10.9. The summed E-state index contributed by atoms with van der Waals surface area (Å²) in [5, 5.41) is 0. The van der Waals surface area contributed by atoms with Crippen LogP contribution < -0.4 is 0 Å². The minimum absolute atomic E-state index is 0.111. The maximum atomic E-state index is 12.1. The van der Waals surface area contributed by atoms with Gasteiger partial charge in [-0.2, -0.15) is 0 Å². The summed E-state index contributed by atoms with van der Waals surface area (Å²) in [6.45, 7) is 4.98. The maximum absolute atomic E-state index is 12.1. The highest BCUT2D eigenvalue weighted by Gasteiger charge is 2.35. The molecule has 1 aromatic rings. The highest BCUT2D eigenvalue weighted by Crippen LogP contribution is 2.31. The number of Topliss-reactive ketones (excluding diaryl/α,β-unsaturated/α-hetero) is 1. The molecule has 0 aliphatic carbocycles. The minimum Gasteiger partial charge on any atom is -0.298 e. The van der Waals surface area contributed by atoms with E-state index in [-0.39, 0.29) is 12.0 Å². The van der Waals surface area contributed by atoms with E-state index in [0.717, 1.165) is 13.0 Å². The number of hydrogen-bond donors (Lipinski definition) is 0. The summed E-state index contributed by atoms with van der Waals surface area (Å²) in [6, 6.07) is 10.6. The topological polar surface area (TPSA) is 20.3 Å².